The van der Waals surface area contributed by atoms with Crippen LogP contribution in [0.2, 0.25) is 5.02 Å². The third-order valence-corrected chi connectivity index (χ3v) is 5.37. The largest absolute Gasteiger partial charge is 0.396 e. The Bertz CT molecular complexity index is 1030. The lowest BCUT2D eigenvalue weighted by molar-refractivity contribution is 0.258. The average molecular weight is 394 g/mol. The molecule has 0 bridgehead atoms. The molecule has 1 unspecified atom stereocenters. The standard InChI is InChI=1S/C18H20ClN3O3S/c1-18(10-11-23,12-6-8-13(19)9-7-12)17-14-4-3-5-15(16(14)20-21-17)22-26(2,24)25/h3-9,22-23H,10-11H2,1-2H3,(H,20,21). The number of hydrogen-bond acceptors (Lipinski definition) is 4. The van der Waals surface area contributed by atoms with Gasteiger partial charge in [-0.25, -0.2) is 8.42 Å². The van der Waals surface area contributed by atoms with Crippen LogP contribution in [0.5, 0.6) is 0 Å². The van der Waals surface area contributed by atoms with Crippen LogP contribution in [0.15, 0.2) is 42.5 Å². The van der Waals surface area contributed by atoms with Crippen LogP contribution in [0.1, 0.15) is 24.6 Å². The molecule has 1 aromatic heterocycles. The van der Waals surface area contributed by atoms with Gasteiger partial charge in [-0.15, -0.1) is 0 Å². The minimum absolute atomic E-state index is 0.0130. The molecule has 0 saturated heterocycles. The van der Waals surface area contributed by atoms with Crippen LogP contribution < -0.4 is 4.72 Å². The van der Waals surface area contributed by atoms with Gasteiger partial charge in [0.1, 0.15) is 5.52 Å². The molecule has 3 aromatic rings. The summed E-state index contributed by atoms with van der Waals surface area (Å²) in [5, 5.41) is 18.5. The van der Waals surface area contributed by atoms with Gasteiger partial charge in [0.25, 0.3) is 0 Å². The van der Waals surface area contributed by atoms with E-state index in [1.54, 1.807) is 12.1 Å². The number of halogens is 1. The first kappa shape index (κ1) is 18.7. The summed E-state index contributed by atoms with van der Waals surface area (Å²) < 4.78 is 25.7. The van der Waals surface area contributed by atoms with Crippen LogP contribution in [0.4, 0.5) is 5.69 Å². The number of aromatic nitrogens is 2. The van der Waals surface area contributed by atoms with Crippen molar-refractivity contribution in [1.82, 2.24) is 10.2 Å². The van der Waals surface area contributed by atoms with E-state index in [9.17, 15) is 13.5 Å². The van der Waals surface area contributed by atoms with Crippen molar-refractivity contribution in [2.75, 3.05) is 17.6 Å². The molecule has 1 heterocycles. The fraction of sp³-hybridized carbons (Fsp3) is 0.278. The summed E-state index contributed by atoms with van der Waals surface area (Å²) in [7, 11) is -3.42. The molecule has 2 aromatic carbocycles. The molecular formula is C18H20ClN3O3S. The normalized spacial score (nSPS) is 14.3. The SMILES string of the molecule is CC(CCO)(c1ccc(Cl)cc1)c1[nH]nc2c(NS(C)(=O)=O)cccc12. The fourth-order valence-electron chi connectivity index (χ4n) is 3.20. The molecule has 0 aliphatic rings. The van der Waals surface area contributed by atoms with E-state index >= 15 is 0 Å². The summed E-state index contributed by atoms with van der Waals surface area (Å²) in [4.78, 5) is 0. The van der Waals surface area contributed by atoms with E-state index in [1.807, 2.05) is 37.3 Å². The van der Waals surface area contributed by atoms with Crippen molar-refractivity contribution in [3.05, 3.63) is 58.7 Å². The van der Waals surface area contributed by atoms with Crippen molar-refractivity contribution in [3.8, 4) is 0 Å². The second-order valence-corrected chi connectivity index (χ2v) is 8.67. The highest BCUT2D eigenvalue weighted by Gasteiger charge is 2.32. The van der Waals surface area contributed by atoms with Crippen LogP contribution in [0.3, 0.4) is 0 Å². The number of para-hydroxylation sites is 1. The van der Waals surface area contributed by atoms with Crippen molar-refractivity contribution in [2.24, 2.45) is 0 Å². The first-order chi connectivity index (χ1) is 12.2. The molecule has 0 amide bonds. The predicted octanol–water partition coefficient (Wildman–Crippen LogP) is 3.28. The molecule has 0 radical (unpaired) electrons. The van der Waals surface area contributed by atoms with Gasteiger partial charge in [-0.3, -0.25) is 9.82 Å². The number of fused-ring (bicyclic) bond motifs is 1. The molecule has 3 N–H and O–H groups in total. The highest BCUT2D eigenvalue weighted by atomic mass is 35.5. The van der Waals surface area contributed by atoms with E-state index in [-0.39, 0.29) is 6.61 Å². The number of sulfonamides is 1. The minimum atomic E-state index is -3.42. The Morgan fingerprint density at radius 2 is 1.92 bits per heavy atom. The Kier molecular flexibility index (Phi) is 4.96. The molecular weight excluding hydrogens is 374 g/mol. The summed E-state index contributed by atoms with van der Waals surface area (Å²) in [5.74, 6) is 0. The number of aliphatic hydroxyl groups excluding tert-OH is 1. The number of H-pyrrole nitrogens is 1. The summed E-state index contributed by atoms with van der Waals surface area (Å²) in [6.07, 6.45) is 1.57. The minimum Gasteiger partial charge on any atom is -0.396 e. The van der Waals surface area contributed by atoms with Gasteiger partial charge in [-0.05, 0) is 37.1 Å². The average Bonchev–Trinajstić information content (AvgIpc) is 3.00. The van der Waals surface area contributed by atoms with Crippen molar-refractivity contribution in [3.63, 3.8) is 0 Å². The van der Waals surface area contributed by atoms with E-state index < -0.39 is 15.4 Å². The van der Waals surface area contributed by atoms with Crippen LogP contribution in [-0.4, -0.2) is 36.6 Å². The molecule has 6 nitrogen and oxygen atoms in total. The van der Waals surface area contributed by atoms with Gasteiger partial charge in [0, 0.05) is 22.4 Å². The van der Waals surface area contributed by atoms with E-state index in [0.29, 0.717) is 22.6 Å². The zero-order valence-corrected chi connectivity index (χ0v) is 16.0. The van der Waals surface area contributed by atoms with Crippen LogP contribution >= 0.6 is 11.6 Å². The van der Waals surface area contributed by atoms with Crippen molar-refractivity contribution >= 4 is 38.2 Å². The number of benzene rings is 2. The summed E-state index contributed by atoms with van der Waals surface area (Å²) in [6, 6.07) is 12.8. The fourth-order valence-corrected chi connectivity index (χ4v) is 3.89. The maximum atomic E-state index is 11.6. The van der Waals surface area contributed by atoms with Crippen molar-refractivity contribution in [2.45, 2.75) is 18.8 Å². The van der Waals surface area contributed by atoms with Gasteiger partial charge in [0.05, 0.1) is 17.6 Å². The molecule has 0 fully saturated rings. The van der Waals surface area contributed by atoms with Gasteiger partial charge in [0.2, 0.25) is 10.0 Å². The van der Waals surface area contributed by atoms with E-state index in [1.165, 1.54) is 0 Å². The molecule has 0 aliphatic carbocycles. The van der Waals surface area contributed by atoms with E-state index in [2.05, 4.69) is 14.9 Å². The zero-order valence-electron chi connectivity index (χ0n) is 14.5. The highest BCUT2D eigenvalue weighted by Crippen LogP contribution is 2.39. The highest BCUT2D eigenvalue weighted by molar-refractivity contribution is 7.92. The number of nitrogens with one attached hydrogen (secondary N) is 2. The Hall–Kier alpha value is -2.09. The predicted molar refractivity (Wildman–Crippen MR) is 104 cm³/mol. The number of rotatable bonds is 6. The maximum Gasteiger partial charge on any atom is 0.229 e. The molecule has 0 spiro atoms. The lowest BCUT2D eigenvalue weighted by Gasteiger charge is -2.29. The van der Waals surface area contributed by atoms with E-state index in [4.69, 9.17) is 11.6 Å². The summed E-state index contributed by atoms with van der Waals surface area (Å²) >= 11 is 6.01. The van der Waals surface area contributed by atoms with Crippen LogP contribution in [-0.2, 0) is 15.4 Å². The first-order valence-corrected chi connectivity index (χ1v) is 10.3. The Labute approximate surface area is 157 Å². The lowest BCUT2D eigenvalue weighted by atomic mass is 9.76. The van der Waals surface area contributed by atoms with Crippen molar-refractivity contribution < 1.29 is 13.5 Å². The molecule has 0 aliphatic heterocycles. The maximum absolute atomic E-state index is 11.6. The Morgan fingerprint density at radius 1 is 1.23 bits per heavy atom. The third-order valence-electron chi connectivity index (χ3n) is 4.53. The van der Waals surface area contributed by atoms with Crippen LogP contribution in [0.25, 0.3) is 10.9 Å². The number of aliphatic hydroxyl groups is 1. The number of hydrogen-bond donors (Lipinski definition) is 3. The first-order valence-electron chi connectivity index (χ1n) is 8.07. The molecule has 3 rings (SSSR count). The molecule has 1 atom stereocenters. The molecule has 138 valence electrons. The number of aromatic amines is 1. The Morgan fingerprint density at radius 3 is 2.54 bits per heavy atom. The third kappa shape index (κ3) is 3.56. The molecule has 0 saturated carbocycles. The van der Waals surface area contributed by atoms with Gasteiger partial charge in [-0.2, -0.15) is 5.10 Å². The summed E-state index contributed by atoms with van der Waals surface area (Å²) in [6.45, 7) is 2.00. The quantitative estimate of drug-likeness (QED) is 0.598. The molecule has 8 heteroatoms. The Balaban J connectivity index is 2.18. The second kappa shape index (κ2) is 6.90. The monoisotopic (exact) mass is 393 g/mol. The number of nitrogens with zero attached hydrogens (tertiary/aromatic N) is 1. The lowest BCUT2D eigenvalue weighted by Crippen LogP contribution is -2.26. The zero-order chi connectivity index (χ0) is 18.9. The van der Waals surface area contributed by atoms with Gasteiger partial charge >= 0.3 is 0 Å². The van der Waals surface area contributed by atoms with Gasteiger partial charge in [-0.1, -0.05) is 35.9 Å². The van der Waals surface area contributed by atoms with Gasteiger partial charge < -0.3 is 5.11 Å². The van der Waals surface area contributed by atoms with Gasteiger partial charge in [0.15, 0.2) is 0 Å². The van der Waals surface area contributed by atoms with E-state index in [0.717, 1.165) is 22.9 Å². The molecule has 26 heavy (non-hydrogen) atoms. The number of anilines is 1. The topological polar surface area (TPSA) is 95.1 Å². The van der Waals surface area contributed by atoms with Crippen molar-refractivity contribution in [1.29, 1.82) is 0 Å². The smallest absolute Gasteiger partial charge is 0.229 e. The summed E-state index contributed by atoms with van der Waals surface area (Å²) in [5.41, 5.74) is 2.18. The van der Waals surface area contributed by atoms with Crippen LogP contribution in [0, 0.1) is 0 Å². The second-order valence-electron chi connectivity index (χ2n) is 6.49.